The number of esters is 1. The van der Waals surface area contributed by atoms with Crippen LogP contribution in [0.15, 0.2) is 18.2 Å². The molecule has 1 atom stereocenters. The third kappa shape index (κ3) is 5.25. The molecule has 0 aliphatic carbocycles. The van der Waals surface area contributed by atoms with Crippen molar-refractivity contribution in [1.29, 1.82) is 0 Å². The number of H-pyrrole nitrogens is 1. The molecule has 0 amide bonds. The highest BCUT2D eigenvalue weighted by atomic mass is 16.5. The summed E-state index contributed by atoms with van der Waals surface area (Å²) in [7, 11) is 3.11. The predicted octanol–water partition coefficient (Wildman–Crippen LogP) is 3.60. The van der Waals surface area contributed by atoms with Gasteiger partial charge in [0, 0.05) is 23.7 Å². The number of aromatic amines is 1. The molecule has 0 radical (unpaired) electrons. The van der Waals surface area contributed by atoms with E-state index in [1.165, 1.54) is 13.8 Å². The van der Waals surface area contributed by atoms with Gasteiger partial charge in [0.1, 0.15) is 11.5 Å². The van der Waals surface area contributed by atoms with Crippen LogP contribution in [-0.2, 0) is 16.0 Å². The molecule has 0 saturated carbocycles. The number of aryl methyl sites for hydroxylation is 2. The Hall–Kier alpha value is -3.09. The maximum atomic E-state index is 12.7. The number of ketones is 2. The molecule has 1 N–H and O–H groups in total. The van der Waals surface area contributed by atoms with Gasteiger partial charge in [-0.25, -0.2) is 0 Å². The zero-order chi connectivity index (χ0) is 21.7. The Bertz CT molecular complexity index is 905. The Balaban J connectivity index is 2.01. The van der Waals surface area contributed by atoms with E-state index >= 15 is 0 Å². The van der Waals surface area contributed by atoms with Crippen LogP contribution in [0.4, 0.5) is 0 Å². The molecule has 1 aromatic carbocycles. The van der Waals surface area contributed by atoms with Crippen LogP contribution in [0.5, 0.6) is 11.5 Å². The maximum absolute atomic E-state index is 12.7. The summed E-state index contributed by atoms with van der Waals surface area (Å²) in [5.41, 5.74) is 2.86. The van der Waals surface area contributed by atoms with E-state index in [1.807, 2.05) is 12.1 Å². The average molecular weight is 401 g/mol. The van der Waals surface area contributed by atoms with Crippen LogP contribution in [0.1, 0.15) is 57.9 Å². The molecule has 0 fully saturated rings. The summed E-state index contributed by atoms with van der Waals surface area (Å²) in [6, 6.07) is 5.38. The van der Waals surface area contributed by atoms with Crippen molar-refractivity contribution >= 4 is 17.5 Å². The van der Waals surface area contributed by atoms with Crippen LogP contribution in [0, 0.1) is 13.8 Å². The average Bonchev–Trinajstić information content (AvgIpc) is 2.99. The first kappa shape index (κ1) is 22.2. The molecule has 0 unspecified atom stereocenters. The Kier molecular flexibility index (Phi) is 7.20. The summed E-state index contributed by atoms with van der Waals surface area (Å²) in [5, 5.41) is 0. The molecular formula is C22H27NO6. The Morgan fingerprint density at radius 3 is 2.10 bits per heavy atom. The fourth-order valence-corrected chi connectivity index (χ4v) is 3.29. The van der Waals surface area contributed by atoms with Crippen molar-refractivity contribution < 1.29 is 28.6 Å². The maximum Gasteiger partial charge on any atom is 0.306 e. The van der Waals surface area contributed by atoms with Gasteiger partial charge in [-0.15, -0.1) is 0 Å². The van der Waals surface area contributed by atoms with Crippen LogP contribution in [0.2, 0.25) is 0 Å². The van der Waals surface area contributed by atoms with Crippen molar-refractivity contribution in [2.75, 3.05) is 14.2 Å². The van der Waals surface area contributed by atoms with Crippen LogP contribution in [0.25, 0.3) is 0 Å². The third-order valence-electron chi connectivity index (χ3n) is 4.74. The molecule has 0 aliphatic heterocycles. The number of hydrogen-bond donors (Lipinski definition) is 1. The monoisotopic (exact) mass is 401 g/mol. The molecule has 0 aliphatic rings. The second-order valence-electron chi connectivity index (χ2n) is 6.90. The van der Waals surface area contributed by atoms with Gasteiger partial charge in [-0.05, 0) is 57.4 Å². The molecule has 0 bridgehead atoms. The lowest BCUT2D eigenvalue weighted by Gasteiger charge is -2.13. The Labute approximate surface area is 170 Å². The minimum Gasteiger partial charge on any atom is -0.497 e. The fraction of sp³-hybridized carbons (Fsp3) is 0.409. The second kappa shape index (κ2) is 9.41. The number of nitrogens with one attached hydrogen (secondary N) is 1. The van der Waals surface area contributed by atoms with E-state index in [-0.39, 0.29) is 18.0 Å². The Morgan fingerprint density at radius 1 is 1.03 bits per heavy atom. The van der Waals surface area contributed by atoms with E-state index in [0.29, 0.717) is 40.4 Å². The standard InChI is InChI=1S/C22H27NO6/c1-12-20(14(3)24)13(2)23-21(12)22(26)15(4)29-19(25)8-7-16-9-17(27-5)11-18(10-16)28-6/h9-11,15,23H,7-8H2,1-6H3/t15-/m1/s1. The SMILES string of the molecule is COc1cc(CCC(=O)O[C@H](C)C(=O)c2[nH]c(C)c(C(C)=O)c2C)cc(OC)c1. The smallest absolute Gasteiger partial charge is 0.306 e. The van der Waals surface area contributed by atoms with Crippen LogP contribution >= 0.6 is 0 Å². The summed E-state index contributed by atoms with van der Waals surface area (Å²) in [5.74, 6) is 0.300. The molecule has 2 rings (SSSR count). The molecule has 7 nitrogen and oxygen atoms in total. The summed E-state index contributed by atoms with van der Waals surface area (Å²) >= 11 is 0. The lowest BCUT2D eigenvalue weighted by atomic mass is 10.0. The van der Waals surface area contributed by atoms with E-state index in [9.17, 15) is 14.4 Å². The number of benzene rings is 1. The van der Waals surface area contributed by atoms with Gasteiger partial charge in [0.05, 0.1) is 19.9 Å². The van der Waals surface area contributed by atoms with Crippen LogP contribution in [-0.4, -0.2) is 42.8 Å². The van der Waals surface area contributed by atoms with Gasteiger partial charge in [0.15, 0.2) is 11.9 Å². The van der Waals surface area contributed by atoms with Gasteiger partial charge in [-0.3, -0.25) is 14.4 Å². The highest BCUT2D eigenvalue weighted by Gasteiger charge is 2.25. The van der Waals surface area contributed by atoms with Gasteiger partial charge >= 0.3 is 5.97 Å². The number of methoxy groups -OCH3 is 2. The van der Waals surface area contributed by atoms with E-state index in [4.69, 9.17) is 14.2 Å². The van der Waals surface area contributed by atoms with E-state index in [2.05, 4.69) is 4.98 Å². The van der Waals surface area contributed by atoms with E-state index in [0.717, 1.165) is 5.56 Å². The van der Waals surface area contributed by atoms with Crippen LogP contribution < -0.4 is 9.47 Å². The summed E-state index contributed by atoms with van der Waals surface area (Å²) < 4.78 is 15.8. The third-order valence-corrected chi connectivity index (χ3v) is 4.74. The van der Waals surface area contributed by atoms with Crippen molar-refractivity contribution in [2.24, 2.45) is 0 Å². The number of carbonyl (C=O) groups is 3. The molecule has 1 aromatic heterocycles. The summed E-state index contributed by atoms with van der Waals surface area (Å²) in [6.45, 7) is 6.42. The molecule has 0 saturated heterocycles. The quantitative estimate of drug-likeness (QED) is 0.510. The van der Waals surface area contributed by atoms with Crippen molar-refractivity contribution in [3.63, 3.8) is 0 Å². The van der Waals surface area contributed by atoms with Crippen molar-refractivity contribution in [3.05, 3.63) is 46.3 Å². The first-order chi connectivity index (χ1) is 13.7. The molecule has 7 heteroatoms. The van der Waals surface area contributed by atoms with Crippen molar-refractivity contribution in [3.8, 4) is 11.5 Å². The Morgan fingerprint density at radius 2 is 1.62 bits per heavy atom. The van der Waals surface area contributed by atoms with Gasteiger partial charge in [-0.2, -0.15) is 0 Å². The minimum atomic E-state index is -0.959. The van der Waals surface area contributed by atoms with Crippen molar-refractivity contribution in [1.82, 2.24) is 4.98 Å². The van der Waals surface area contributed by atoms with Crippen LogP contribution in [0.3, 0.4) is 0 Å². The molecule has 0 spiro atoms. The lowest BCUT2D eigenvalue weighted by molar-refractivity contribution is -0.146. The lowest BCUT2D eigenvalue weighted by Crippen LogP contribution is -2.25. The highest BCUT2D eigenvalue weighted by molar-refractivity contribution is 6.05. The van der Waals surface area contributed by atoms with Gasteiger partial charge < -0.3 is 19.2 Å². The van der Waals surface area contributed by atoms with Gasteiger partial charge in [-0.1, -0.05) is 0 Å². The fourth-order valence-electron chi connectivity index (χ4n) is 3.29. The molecule has 2 aromatic rings. The second-order valence-corrected chi connectivity index (χ2v) is 6.90. The zero-order valence-corrected chi connectivity index (χ0v) is 17.7. The number of Topliss-reactive ketones (excluding diaryl/α,β-unsaturated/α-hetero) is 2. The molecular weight excluding hydrogens is 374 g/mol. The number of hydrogen-bond acceptors (Lipinski definition) is 6. The first-order valence-electron chi connectivity index (χ1n) is 9.33. The zero-order valence-electron chi connectivity index (χ0n) is 17.7. The number of rotatable bonds is 9. The topological polar surface area (TPSA) is 94.7 Å². The van der Waals surface area contributed by atoms with Gasteiger partial charge in [0.2, 0.25) is 5.78 Å². The van der Waals surface area contributed by atoms with E-state index in [1.54, 1.807) is 34.1 Å². The number of ether oxygens (including phenoxy) is 3. The molecule has 156 valence electrons. The van der Waals surface area contributed by atoms with E-state index < -0.39 is 12.1 Å². The number of aromatic nitrogens is 1. The molecule has 29 heavy (non-hydrogen) atoms. The summed E-state index contributed by atoms with van der Waals surface area (Å²) in [4.78, 5) is 39.6. The number of carbonyl (C=O) groups excluding carboxylic acids is 3. The molecule has 1 heterocycles. The largest absolute Gasteiger partial charge is 0.497 e. The minimum absolute atomic E-state index is 0.107. The first-order valence-corrected chi connectivity index (χ1v) is 9.33. The predicted molar refractivity (Wildman–Crippen MR) is 108 cm³/mol. The highest BCUT2D eigenvalue weighted by Crippen LogP contribution is 2.24. The van der Waals surface area contributed by atoms with Gasteiger partial charge in [0.25, 0.3) is 0 Å². The summed E-state index contributed by atoms with van der Waals surface area (Å²) in [6.07, 6.45) is -0.434. The van der Waals surface area contributed by atoms with Crippen molar-refractivity contribution in [2.45, 2.75) is 46.6 Å². The normalized spacial score (nSPS) is 11.7.